The molecule has 0 unspecified atom stereocenters. The molecule has 2 aromatic rings. The first-order chi connectivity index (χ1) is 11.0. The molecule has 0 aliphatic heterocycles. The SMILES string of the molecule is CCOC(=O)c1c(C)noc1NC(=O)NCc1ccc(F)cc1. The van der Waals surface area contributed by atoms with E-state index in [1.807, 2.05) is 0 Å². The third kappa shape index (κ3) is 4.29. The van der Waals surface area contributed by atoms with Crippen molar-refractivity contribution in [3.8, 4) is 0 Å². The van der Waals surface area contributed by atoms with E-state index in [9.17, 15) is 14.0 Å². The van der Waals surface area contributed by atoms with Gasteiger partial charge in [-0.25, -0.2) is 14.0 Å². The molecule has 7 nitrogen and oxygen atoms in total. The number of hydrogen-bond donors (Lipinski definition) is 2. The molecule has 2 amide bonds. The minimum Gasteiger partial charge on any atom is -0.462 e. The molecule has 2 rings (SSSR count). The molecule has 0 saturated carbocycles. The number of nitrogens with one attached hydrogen (secondary N) is 2. The van der Waals surface area contributed by atoms with Crippen molar-refractivity contribution >= 4 is 17.9 Å². The number of aromatic nitrogens is 1. The number of nitrogens with zero attached hydrogens (tertiary/aromatic N) is 1. The molecule has 1 aromatic carbocycles. The molecule has 122 valence electrons. The fourth-order valence-corrected chi connectivity index (χ4v) is 1.83. The highest BCUT2D eigenvalue weighted by atomic mass is 19.1. The summed E-state index contributed by atoms with van der Waals surface area (Å²) < 4.78 is 22.6. The Kier molecular flexibility index (Phi) is 5.29. The molecule has 8 heteroatoms. The van der Waals surface area contributed by atoms with Gasteiger partial charge in [0.1, 0.15) is 11.4 Å². The Balaban J connectivity index is 1.97. The smallest absolute Gasteiger partial charge is 0.345 e. The number of benzene rings is 1. The van der Waals surface area contributed by atoms with Crippen LogP contribution in [0.5, 0.6) is 0 Å². The fraction of sp³-hybridized carbons (Fsp3) is 0.267. The van der Waals surface area contributed by atoms with Gasteiger partial charge in [-0.05, 0) is 31.5 Å². The molecule has 0 bridgehead atoms. The van der Waals surface area contributed by atoms with E-state index >= 15 is 0 Å². The molecule has 0 spiro atoms. The van der Waals surface area contributed by atoms with E-state index in [1.165, 1.54) is 12.1 Å². The Morgan fingerprint density at radius 1 is 1.30 bits per heavy atom. The van der Waals surface area contributed by atoms with E-state index in [0.29, 0.717) is 5.69 Å². The van der Waals surface area contributed by atoms with E-state index in [4.69, 9.17) is 9.26 Å². The van der Waals surface area contributed by atoms with Crippen molar-refractivity contribution in [2.45, 2.75) is 20.4 Å². The number of amides is 2. The average Bonchev–Trinajstić information content (AvgIpc) is 2.87. The molecular weight excluding hydrogens is 305 g/mol. The van der Waals surface area contributed by atoms with Gasteiger partial charge >= 0.3 is 12.0 Å². The van der Waals surface area contributed by atoms with Gasteiger partial charge in [0.25, 0.3) is 0 Å². The summed E-state index contributed by atoms with van der Waals surface area (Å²) in [6, 6.07) is 5.12. The lowest BCUT2D eigenvalue weighted by molar-refractivity contribution is 0.0526. The maximum atomic E-state index is 12.8. The number of esters is 1. The quantitative estimate of drug-likeness (QED) is 0.826. The number of ether oxygens (including phenoxy) is 1. The first kappa shape index (κ1) is 16.5. The van der Waals surface area contributed by atoms with Crippen LogP contribution in [0.1, 0.15) is 28.5 Å². The van der Waals surface area contributed by atoms with E-state index in [1.54, 1.807) is 26.0 Å². The van der Waals surface area contributed by atoms with E-state index in [0.717, 1.165) is 5.56 Å². The maximum absolute atomic E-state index is 12.8. The summed E-state index contributed by atoms with van der Waals surface area (Å²) in [6.45, 7) is 3.62. The van der Waals surface area contributed by atoms with Gasteiger partial charge in [0.05, 0.1) is 12.3 Å². The molecule has 2 N–H and O–H groups in total. The number of rotatable bonds is 5. The number of urea groups is 1. The first-order valence-corrected chi connectivity index (χ1v) is 6.94. The minimum atomic E-state index is -0.625. The molecule has 1 heterocycles. The largest absolute Gasteiger partial charge is 0.462 e. The Morgan fingerprint density at radius 2 is 2.00 bits per heavy atom. The predicted molar refractivity (Wildman–Crippen MR) is 79.5 cm³/mol. The Morgan fingerprint density at radius 3 is 2.65 bits per heavy atom. The van der Waals surface area contributed by atoms with Crippen LogP contribution in [0.3, 0.4) is 0 Å². The highest BCUT2D eigenvalue weighted by molar-refractivity contribution is 5.99. The van der Waals surface area contributed by atoms with E-state index in [2.05, 4.69) is 15.8 Å². The summed E-state index contributed by atoms with van der Waals surface area (Å²) in [4.78, 5) is 23.7. The second-order valence-electron chi connectivity index (χ2n) is 4.63. The second kappa shape index (κ2) is 7.39. The van der Waals surface area contributed by atoms with Crippen LogP contribution in [0.25, 0.3) is 0 Å². The third-order valence-corrected chi connectivity index (χ3v) is 2.94. The van der Waals surface area contributed by atoms with Crippen LogP contribution in [0.2, 0.25) is 0 Å². The zero-order valence-corrected chi connectivity index (χ0v) is 12.7. The molecule has 0 fully saturated rings. The Hall–Kier alpha value is -2.90. The van der Waals surface area contributed by atoms with Crippen LogP contribution >= 0.6 is 0 Å². The van der Waals surface area contributed by atoms with Crippen molar-refractivity contribution in [1.82, 2.24) is 10.5 Å². The summed E-state index contributed by atoms with van der Waals surface area (Å²) in [7, 11) is 0. The van der Waals surface area contributed by atoms with Crippen LogP contribution < -0.4 is 10.6 Å². The minimum absolute atomic E-state index is 0.0729. The molecule has 0 saturated heterocycles. The maximum Gasteiger partial charge on any atom is 0.345 e. The normalized spacial score (nSPS) is 10.2. The molecule has 0 radical (unpaired) electrons. The average molecular weight is 321 g/mol. The van der Waals surface area contributed by atoms with Crippen LogP contribution in [0, 0.1) is 12.7 Å². The summed E-state index contributed by atoms with van der Waals surface area (Å²) in [6.07, 6.45) is 0. The molecule has 0 aliphatic rings. The van der Waals surface area contributed by atoms with Crippen LogP contribution in [-0.4, -0.2) is 23.8 Å². The van der Waals surface area contributed by atoms with Crippen LogP contribution in [-0.2, 0) is 11.3 Å². The van der Waals surface area contributed by atoms with Crippen molar-refractivity contribution in [2.75, 3.05) is 11.9 Å². The number of halogens is 1. The number of hydrogen-bond acceptors (Lipinski definition) is 5. The van der Waals surface area contributed by atoms with Crippen molar-refractivity contribution in [2.24, 2.45) is 0 Å². The number of anilines is 1. The summed E-state index contributed by atoms with van der Waals surface area (Å²) in [5.41, 5.74) is 1.11. The van der Waals surface area contributed by atoms with E-state index in [-0.39, 0.29) is 30.4 Å². The summed E-state index contributed by atoms with van der Waals surface area (Å²) in [5.74, 6) is -1.06. The zero-order chi connectivity index (χ0) is 16.8. The van der Waals surface area contributed by atoms with Gasteiger partial charge in [-0.15, -0.1) is 0 Å². The van der Waals surface area contributed by atoms with Crippen molar-refractivity contribution < 1.29 is 23.2 Å². The molecule has 1 aromatic heterocycles. The molecular formula is C15H16FN3O4. The van der Waals surface area contributed by atoms with E-state index < -0.39 is 12.0 Å². The lowest BCUT2D eigenvalue weighted by atomic mass is 10.2. The Labute approximate surface area is 131 Å². The van der Waals surface area contributed by atoms with Crippen molar-refractivity contribution in [1.29, 1.82) is 0 Å². The Bertz CT molecular complexity index is 697. The van der Waals surface area contributed by atoms with Gasteiger partial charge in [-0.1, -0.05) is 17.3 Å². The number of carbonyl (C=O) groups is 2. The van der Waals surface area contributed by atoms with Crippen LogP contribution in [0.15, 0.2) is 28.8 Å². The van der Waals surface area contributed by atoms with Gasteiger partial charge in [0, 0.05) is 6.54 Å². The monoisotopic (exact) mass is 321 g/mol. The standard InChI is InChI=1S/C15H16FN3O4/c1-3-22-14(20)12-9(2)19-23-13(12)18-15(21)17-8-10-4-6-11(16)7-5-10/h4-7H,3,8H2,1-2H3,(H2,17,18,21). The van der Waals surface area contributed by atoms with Crippen molar-refractivity contribution in [3.63, 3.8) is 0 Å². The van der Waals surface area contributed by atoms with Gasteiger partial charge in [-0.3, -0.25) is 5.32 Å². The van der Waals surface area contributed by atoms with Gasteiger partial charge in [0.2, 0.25) is 5.88 Å². The highest BCUT2D eigenvalue weighted by Gasteiger charge is 2.23. The highest BCUT2D eigenvalue weighted by Crippen LogP contribution is 2.20. The molecule has 0 atom stereocenters. The predicted octanol–water partition coefficient (Wildman–Crippen LogP) is 2.62. The molecule has 0 aliphatic carbocycles. The topological polar surface area (TPSA) is 93.5 Å². The zero-order valence-electron chi connectivity index (χ0n) is 12.7. The summed E-state index contributed by atoms with van der Waals surface area (Å²) in [5, 5.41) is 8.60. The van der Waals surface area contributed by atoms with Gasteiger partial charge < -0.3 is 14.6 Å². The fourth-order valence-electron chi connectivity index (χ4n) is 1.83. The third-order valence-electron chi connectivity index (χ3n) is 2.94. The second-order valence-corrected chi connectivity index (χ2v) is 4.63. The number of carbonyl (C=O) groups excluding carboxylic acids is 2. The van der Waals surface area contributed by atoms with Gasteiger partial charge in [0.15, 0.2) is 0 Å². The lowest BCUT2D eigenvalue weighted by Crippen LogP contribution is -2.28. The first-order valence-electron chi connectivity index (χ1n) is 6.94. The van der Waals surface area contributed by atoms with Gasteiger partial charge in [-0.2, -0.15) is 0 Å². The van der Waals surface area contributed by atoms with Crippen LogP contribution in [0.4, 0.5) is 15.1 Å². The lowest BCUT2D eigenvalue weighted by Gasteiger charge is -2.07. The summed E-state index contributed by atoms with van der Waals surface area (Å²) >= 11 is 0. The molecule has 23 heavy (non-hydrogen) atoms. The number of aryl methyl sites for hydroxylation is 1. The van der Waals surface area contributed by atoms with Crippen molar-refractivity contribution in [3.05, 3.63) is 46.9 Å².